The molecule has 1 aliphatic rings. The summed E-state index contributed by atoms with van der Waals surface area (Å²) < 4.78 is 4.88. The summed E-state index contributed by atoms with van der Waals surface area (Å²) in [4.78, 5) is 22.3. The lowest BCUT2D eigenvalue weighted by Crippen LogP contribution is -2.43. The first-order valence-corrected chi connectivity index (χ1v) is 7.32. The molecule has 0 atom stereocenters. The zero-order valence-corrected chi connectivity index (χ0v) is 12.4. The molecule has 21 heavy (non-hydrogen) atoms. The van der Waals surface area contributed by atoms with E-state index in [4.69, 9.17) is 4.74 Å². The van der Waals surface area contributed by atoms with Crippen molar-refractivity contribution in [1.82, 2.24) is 20.6 Å². The second-order valence-corrected chi connectivity index (χ2v) is 5.11. The van der Waals surface area contributed by atoms with Gasteiger partial charge in [-0.05, 0) is 24.8 Å². The first-order valence-electron chi connectivity index (χ1n) is 7.32. The van der Waals surface area contributed by atoms with Crippen LogP contribution >= 0.6 is 0 Å². The van der Waals surface area contributed by atoms with Crippen LogP contribution < -0.4 is 15.5 Å². The summed E-state index contributed by atoms with van der Waals surface area (Å²) in [6.07, 6.45) is 5.61. The summed E-state index contributed by atoms with van der Waals surface area (Å²) >= 11 is 0. The number of hydrogen-bond acceptors (Lipinski definition) is 5. The molecule has 7 heteroatoms. The van der Waals surface area contributed by atoms with E-state index in [2.05, 4.69) is 25.5 Å². The fourth-order valence-electron chi connectivity index (χ4n) is 2.36. The van der Waals surface area contributed by atoms with E-state index in [-0.39, 0.29) is 6.03 Å². The normalized spacial score (nSPS) is 15.8. The van der Waals surface area contributed by atoms with Gasteiger partial charge in [0.2, 0.25) is 5.95 Å². The lowest BCUT2D eigenvalue weighted by molar-refractivity contribution is 0.195. The molecule has 1 fully saturated rings. The third kappa shape index (κ3) is 5.18. The van der Waals surface area contributed by atoms with Crippen LogP contribution in [0.15, 0.2) is 18.5 Å². The number of hydrogen-bond donors (Lipinski definition) is 2. The van der Waals surface area contributed by atoms with Gasteiger partial charge in [-0.3, -0.25) is 0 Å². The van der Waals surface area contributed by atoms with E-state index in [0.717, 1.165) is 31.9 Å². The number of amides is 2. The largest absolute Gasteiger partial charge is 0.383 e. The van der Waals surface area contributed by atoms with Gasteiger partial charge in [-0.25, -0.2) is 14.8 Å². The van der Waals surface area contributed by atoms with Gasteiger partial charge in [-0.2, -0.15) is 0 Å². The van der Waals surface area contributed by atoms with Crippen LogP contribution in [0.3, 0.4) is 0 Å². The second kappa shape index (κ2) is 8.41. The molecule has 2 heterocycles. The van der Waals surface area contributed by atoms with Crippen LogP contribution in [0, 0.1) is 5.92 Å². The molecule has 0 bridgehead atoms. The summed E-state index contributed by atoms with van der Waals surface area (Å²) in [5, 5.41) is 5.66. The molecule has 7 nitrogen and oxygen atoms in total. The highest BCUT2D eigenvalue weighted by molar-refractivity contribution is 5.73. The summed E-state index contributed by atoms with van der Waals surface area (Å²) in [6.45, 7) is 3.64. The van der Waals surface area contributed by atoms with E-state index in [1.165, 1.54) is 0 Å². The standard InChI is InChI=1S/C14H23N5O2/c1-21-10-7-17-14(20)18-11-12-3-8-19(9-4-12)13-15-5-2-6-16-13/h2,5-6,12H,3-4,7-11H2,1H3,(H2,17,18,20). The monoisotopic (exact) mass is 293 g/mol. The average molecular weight is 293 g/mol. The van der Waals surface area contributed by atoms with E-state index < -0.39 is 0 Å². The Hall–Kier alpha value is -1.89. The van der Waals surface area contributed by atoms with Gasteiger partial charge in [-0.1, -0.05) is 0 Å². The lowest BCUT2D eigenvalue weighted by atomic mass is 9.97. The number of carbonyl (C=O) groups excluding carboxylic acids is 1. The Balaban J connectivity index is 1.64. The third-order valence-electron chi connectivity index (χ3n) is 3.59. The Labute approximate surface area is 125 Å². The quantitative estimate of drug-likeness (QED) is 0.752. The van der Waals surface area contributed by atoms with Crippen molar-refractivity contribution in [2.45, 2.75) is 12.8 Å². The zero-order chi connectivity index (χ0) is 14.9. The van der Waals surface area contributed by atoms with Gasteiger partial charge in [-0.15, -0.1) is 0 Å². The number of aromatic nitrogens is 2. The van der Waals surface area contributed by atoms with Crippen molar-refractivity contribution in [2.75, 3.05) is 44.8 Å². The van der Waals surface area contributed by atoms with Crippen molar-refractivity contribution in [3.8, 4) is 0 Å². The minimum atomic E-state index is -0.124. The number of nitrogens with one attached hydrogen (secondary N) is 2. The summed E-state index contributed by atoms with van der Waals surface area (Å²) in [7, 11) is 1.61. The van der Waals surface area contributed by atoms with E-state index >= 15 is 0 Å². The topological polar surface area (TPSA) is 79.4 Å². The van der Waals surface area contributed by atoms with Crippen molar-refractivity contribution in [3.05, 3.63) is 18.5 Å². The maximum Gasteiger partial charge on any atom is 0.314 e. The molecule has 2 N–H and O–H groups in total. The Morgan fingerprint density at radius 3 is 2.71 bits per heavy atom. The fourth-order valence-corrected chi connectivity index (χ4v) is 2.36. The molecule has 0 saturated carbocycles. The number of ether oxygens (including phenoxy) is 1. The number of methoxy groups -OCH3 is 1. The molecule has 1 aliphatic heterocycles. The Morgan fingerprint density at radius 1 is 1.33 bits per heavy atom. The van der Waals surface area contributed by atoms with Crippen molar-refractivity contribution in [3.63, 3.8) is 0 Å². The first-order chi connectivity index (χ1) is 10.3. The minimum absolute atomic E-state index is 0.124. The van der Waals surface area contributed by atoms with Gasteiger partial charge in [0.1, 0.15) is 0 Å². The molecule has 0 aromatic carbocycles. The van der Waals surface area contributed by atoms with E-state index in [1.54, 1.807) is 19.5 Å². The number of urea groups is 1. The van der Waals surface area contributed by atoms with Crippen LogP contribution in [0.1, 0.15) is 12.8 Å². The fraction of sp³-hybridized carbons (Fsp3) is 0.643. The Morgan fingerprint density at radius 2 is 2.05 bits per heavy atom. The van der Waals surface area contributed by atoms with Gasteiger partial charge in [0.25, 0.3) is 0 Å². The number of nitrogens with zero attached hydrogens (tertiary/aromatic N) is 3. The SMILES string of the molecule is COCCNC(=O)NCC1CCN(c2ncccn2)CC1. The van der Waals surface area contributed by atoms with Crippen LogP contribution in [0.2, 0.25) is 0 Å². The van der Waals surface area contributed by atoms with Crippen molar-refractivity contribution in [1.29, 1.82) is 0 Å². The average Bonchev–Trinajstić information content (AvgIpc) is 2.54. The van der Waals surface area contributed by atoms with Gasteiger partial charge in [0, 0.05) is 45.7 Å². The van der Waals surface area contributed by atoms with Crippen LogP contribution in [0.4, 0.5) is 10.7 Å². The Kier molecular flexibility index (Phi) is 6.21. The smallest absolute Gasteiger partial charge is 0.314 e. The molecule has 1 aromatic rings. The highest BCUT2D eigenvalue weighted by Gasteiger charge is 2.20. The maximum absolute atomic E-state index is 11.5. The predicted octanol–water partition coefficient (Wildman–Crippen LogP) is 0.639. The van der Waals surface area contributed by atoms with E-state index in [0.29, 0.717) is 25.6 Å². The van der Waals surface area contributed by atoms with Crippen LogP contribution in [0.25, 0.3) is 0 Å². The molecule has 2 rings (SSSR count). The molecule has 116 valence electrons. The number of piperidine rings is 1. The molecule has 0 radical (unpaired) electrons. The second-order valence-electron chi connectivity index (χ2n) is 5.11. The molecule has 2 amide bonds. The highest BCUT2D eigenvalue weighted by atomic mass is 16.5. The van der Waals surface area contributed by atoms with Gasteiger partial charge in [0.05, 0.1) is 6.61 Å². The summed E-state index contributed by atoms with van der Waals surface area (Å²) in [6, 6.07) is 1.70. The first kappa shape index (κ1) is 15.5. The molecule has 0 spiro atoms. The van der Waals surface area contributed by atoms with Crippen LogP contribution in [-0.4, -0.2) is 55.9 Å². The van der Waals surface area contributed by atoms with Crippen LogP contribution in [-0.2, 0) is 4.74 Å². The predicted molar refractivity (Wildman–Crippen MR) is 80.2 cm³/mol. The molecule has 1 aromatic heterocycles. The van der Waals surface area contributed by atoms with Gasteiger partial charge in [0.15, 0.2) is 0 Å². The number of rotatable bonds is 6. The molecule has 0 unspecified atom stereocenters. The summed E-state index contributed by atoms with van der Waals surface area (Å²) in [5.41, 5.74) is 0. The lowest BCUT2D eigenvalue weighted by Gasteiger charge is -2.31. The Bertz CT molecular complexity index is 421. The highest BCUT2D eigenvalue weighted by Crippen LogP contribution is 2.19. The van der Waals surface area contributed by atoms with Crippen molar-refractivity contribution < 1.29 is 9.53 Å². The van der Waals surface area contributed by atoms with Crippen molar-refractivity contribution in [2.24, 2.45) is 5.92 Å². The molecule has 0 aliphatic carbocycles. The molecular weight excluding hydrogens is 270 g/mol. The van der Waals surface area contributed by atoms with E-state index in [1.807, 2.05) is 6.07 Å². The van der Waals surface area contributed by atoms with Gasteiger partial charge < -0.3 is 20.3 Å². The van der Waals surface area contributed by atoms with Crippen molar-refractivity contribution >= 4 is 12.0 Å². The van der Waals surface area contributed by atoms with Gasteiger partial charge >= 0.3 is 6.03 Å². The number of anilines is 1. The molecule has 1 saturated heterocycles. The van der Waals surface area contributed by atoms with Crippen LogP contribution in [0.5, 0.6) is 0 Å². The zero-order valence-electron chi connectivity index (χ0n) is 12.4. The maximum atomic E-state index is 11.5. The minimum Gasteiger partial charge on any atom is -0.383 e. The van der Waals surface area contributed by atoms with E-state index in [9.17, 15) is 4.79 Å². The molecular formula is C14H23N5O2. The number of carbonyl (C=O) groups is 1. The summed E-state index contributed by atoms with van der Waals surface area (Å²) in [5.74, 6) is 1.30. The third-order valence-corrected chi connectivity index (χ3v) is 3.59.